The number of fused-ring (bicyclic) bond motifs is 1. The Bertz CT molecular complexity index is 917. The first-order chi connectivity index (χ1) is 11.6. The Balaban J connectivity index is 1.77. The number of nitrogens with one attached hydrogen (secondary N) is 1. The average molecular weight is 318 g/mol. The fourth-order valence-corrected chi connectivity index (χ4v) is 2.66. The molecule has 3 aromatic rings. The molecule has 5 heteroatoms. The second-order valence-corrected chi connectivity index (χ2v) is 5.79. The Morgan fingerprint density at radius 2 is 1.88 bits per heavy atom. The van der Waals surface area contributed by atoms with Crippen LogP contribution in [0.1, 0.15) is 5.56 Å². The van der Waals surface area contributed by atoms with Crippen LogP contribution in [0.15, 0.2) is 54.7 Å². The Kier molecular flexibility index (Phi) is 4.21. The molecule has 0 radical (unpaired) electrons. The molecule has 1 heterocycles. The van der Waals surface area contributed by atoms with Crippen LogP contribution in [0.3, 0.4) is 0 Å². The van der Waals surface area contributed by atoms with E-state index in [1.165, 1.54) is 0 Å². The molecule has 0 fully saturated rings. The Morgan fingerprint density at radius 3 is 2.54 bits per heavy atom. The van der Waals surface area contributed by atoms with Crippen molar-refractivity contribution in [2.24, 2.45) is 0 Å². The molecule has 0 aliphatic rings. The lowest BCUT2D eigenvalue weighted by molar-refractivity contribution is -0.116. The van der Waals surface area contributed by atoms with Gasteiger partial charge in [0, 0.05) is 42.6 Å². The Morgan fingerprint density at radius 1 is 1.17 bits per heavy atom. The standard InChI is InChI=1S/C19H18N4O/c1-22(2)16-9-7-15(8-10-16)21-19(24)13-23-12-14(11-20)17-5-3-4-6-18(17)23/h3-10,12H,13H2,1-2H3,(H,21,24). The molecule has 2 aromatic carbocycles. The molecule has 1 N–H and O–H groups in total. The first-order valence-corrected chi connectivity index (χ1v) is 7.63. The van der Waals surface area contributed by atoms with E-state index in [1.807, 2.05) is 67.5 Å². The zero-order valence-electron chi connectivity index (χ0n) is 13.7. The quantitative estimate of drug-likeness (QED) is 0.803. The highest BCUT2D eigenvalue weighted by Gasteiger charge is 2.10. The topological polar surface area (TPSA) is 61.1 Å². The minimum absolute atomic E-state index is 0.127. The predicted octanol–water partition coefficient (Wildman–Crippen LogP) is 3.22. The van der Waals surface area contributed by atoms with E-state index in [-0.39, 0.29) is 12.5 Å². The molecule has 0 aliphatic carbocycles. The fourth-order valence-electron chi connectivity index (χ4n) is 2.66. The normalized spacial score (nSPS) is 10.4. The second-order valence-electron chi connectivity index (χ2n) is 5.79. The molecular weight excluding hydrogens is 300 g/mol. The summed E-state index contributed by atoms with van der Waals surface area (Å²) >= 11 is 0. The zero-order chi connectivity index (χ0) is 17.1. The number of amides is 1. The second kappa shape index (κ2) is 6.47. The van der Waals surface area contributed by atoms with Gasteiger partial charge in [0.15, 0.2) is 0 Å². The van der Waals surface area contributed by atoms with E-state index in [2.05, 4.69) is 11.4 Å². The van der Waals surface area contributed by atoms with E-state index in [1.54, 1.807) is 10.8 Å². The Hall–Kier alpha value is -3.26. The largest absolute Gasteiger partial charge is 0.378 e. The number of hydrogen-bond acceptors (Lipinski definition) is 3. The van der Waals surface area contributed by atoms with Crippen molar-refractivity contribution in [1.82, 2.24) is 4.57 Å². The molecule has 0 aliphatic heterocycles. The lowest BCUT2D eigenvalue weighted by Crippen LogP contribution is -2.18. The fraction of sp³-hybridized carbons (Fsp3) is 0.158. The third-order valence-corrected chi connectivity index (χ3v) is 3.89. The first kappa shape index (κ1) is 15.6. The third-order valence-electron chi connectivity index (χ3n) is 3.89. The third kappa shape index (κ3) is 3.08. The monoisotopic (exact) mass is 318 g/mol. The summed E-state index contributed by atoms with van der Waals surface area (Å²) in [4.78, 5) is 14.3. The summed E-state index contributed by atoms with van der Waals surface area (Å²) in [6.45, 7) is 0.164. The maximum atomic E-state index is 12.3. The maximum absolute atomic E-state index is 12.3. The molecule has 1 amide bonds. The number of anilines is 2. The number of benzene rings is 2. The van der Waals surface area contributed by atoms with Crippen LogP contribution in [-0.4, -0.2) is 24.6 Å². The number of nitriles is 1. The van der Waals surface area contributed by atoms with E-state index in [9.17, 15) is 10.1 Å². The summed E-state index contributed by atoms with van der Waals surface area (Å²) in [6.07, 6.45) is 1.72. The van der Waals surface area contributed by atoms with Crippen LogP contribution in [0.2, 0.25) is 0 Å². The summed E-state index contributed by atoms with van der Waals surface area (Å²) in [5.74, 6) is -0.127. The van der Waals surface area contributed by atoms with Gasteiger partial charge in [-0.2, -0.15) is 5.26 Å². The highest BCUT2D eigenvalue weighted by molar-refractivity contribution is 5.93. The number of aromatic nitrogens is 1. The van der Waals surface area contributed by atoms with Gasteiger partial charge in [-0.25, -0.2) is 0 Å². The van der Waals surface area contributed by atoms with Crippen molar-refractivity contribution in [1.29, 1.82) is 5.26 Å². The molecule has 24 heavy (non-hydrogen) atoms. The number of nitrogens with zero attached hydrogens (tertiary/aromatic N) is 3. The van der Waals surface area contributed by atoms with Gasteiger partial charge in [0.1, 0.15) is 12.6 Å². The van der Waals surface area contributed by atoms with Crippen molar-refractivity contribution in [3.8, 4) is 6.07 Å². The number of carbonyl (C=O) groups excluding carboxylic acids is 1. The molecule has 0 saturated carbocycles. The van der Waals surface area contributed by atoms with Gasteiger partial charge in [-0.3, -0.25) is 4.79 Å². The summed E-state index contributed by atoms with van der Waals surface area (Å²) in [7, 11) is 3.94. The molecule has 1 aromatic heterocycles. The maximum Gasteiger partial charge on any atom is 0.244 e. The van der Waals surface area contributed by atoms with Crippen molar-refractivity contribution in [2.45, 2.75) is 6.54 Å². The van der Waals surface area contributed by atoms with Gasteiger partial charge < -0.3 is 14.8 Å². The summed E-state index contributed by atoms with van der Waals surface area (Å²) in [5, 5.41) is 13.0. The smallest absolute Gasteiger partial charge is 0.244 e. The number of para-hydroxylation sites is 1. The minimum Gasteiger partial charge on any atom is -0.378 e. The van der Waals surface area contributed by atoms with Crippen LogP contribution in [0, 0.1) is 11.3 Å². The van der Waals surface area contributed by atoms with Gasteiger partial charge in [-0.1, -0.05) is 18.2 Å². The Labute approximate surface area is 140 Å². The van der Waals surface area contributed by atoms with Crippen molar-refractivity contribution >= 4 is 28.2 Å². The van der Waals surface area contributed by atoms with Crippen LogP contribution in [0.4, 0.5) is 11.4 Å². The summed E-state index contributed by atoms with van der Waals surface area (Å²) in [5.41, 5.74) is 3.28. The van der Waals surface area contributed by atoms with Gasteiger partial charge in [0.25, 0.3) is 0 Å². The van der Waals surface area contributed by atoms with Crippen LogP contribution < -0.4 is 10.2 Å². The summed E-state index contributed by atoms with van der Waals surface area (Å²) in [6, 6.07) is 17.4. The molecule has 3 rings (SSSR count). The highest BCUT2D eigenvalue weighted by atomic mass is 16.1. The predicted molar refractivity (Wildman–Crippen MR) is 96.1 cm³/mol. The van der Waals surface area contributed by atoms with Gasteiger partial charge in [-0.15, -0.1) is 0 Å². The molecule has 0 atom stereocenters. The SMILES string of the molecule is CN(C)c1ccc(NC(=O)Cn2cc(C#N)c3ccccc32)cc1. The molecule has 0 spiro atoms. The number of hydrogen-bond donors (Lipinski definition) is 1. The zero-order valence-corrected chi connectivity index (χ0v) is 13.7. The van der Waals surface area contributed by atoms with E-state index in [0.717, 1.165) is 22.3 Å². The van der Waals surface area contributed by atoms with Crippen LogP contribution in [0.5, 0.6) is 0 Å². The van der Waals surface area contributed by atoms with Crippen molar-refractivity contribution in [3.63, 3.8) is 0 Å². The van der Waals surface area contributed by atoms with Gasteiger partial charge in [-0.05, 0) is 30.3 Å². The van der Waals surface area contributed by atoms with Crippen molar-refractivity contribution in [2.75, 3.05) is 24.3 Å². The first-order valence-electron chi connectivity index (χ1n) is 7.63. The molecule has 0 unspecified atom stereocenters. The van der Waals surface area contributed by atoms with Crippen LogP contribution in [0.25, 0.3) is 10.9 Å². The van der Waals surface area contributed by atoms with E-state index in [0.29, 0.717) is 5.56 Å². The minimum atomic E-state index is -0.127. The van der Waals surface area contributed by atoms with Gasteiger partial charge in [0.2, 0.25) is 5.91 Å². The molecular formula is C19H18N4O. The summed E-state index contributed by atoms with van der Waals surface area (Å²) < 4.78 is 1.80. The highest BCUT2D eigenvalue weighted by Crippen LogP contribution is 2.21. The number of rotatable bonds is 4. The lowest BCUT2D eigenvalue weighted by atomic mass is 10.2. The lowest BCUT2D eigenvalue weighted by Gasteiger charge is -2.13. The van der Waals surface area contributed by atoms with E-state index in [4.69, 9.17) is 0 Å². The molecule has 0 saturated heterocycles. The van der Waals surface area contributed by atoms with Crippen molar-refractivity contribution in [3.05, 3.63) is 60.3 Å². The molecule has 120 valence electrons. The van der Waals surface area contributed by atoms with Gasteiger partial charge >= 0.3 is 0 Å². The van der Waals surface area contributed by atoms with Gasteiger partial charge in [0.05, 0.1) is 5.56 Å². The van der Waals surface area contributed by atoms with Crippen molar-refractivity contribution < 1.29 is 4.79 Å². The van der Waals surface area contributed by atoms with Crippen LogP contribution >= 0.6 is 0 Å². The number of carbonyl (C=O) groups is 1. The average Bonchev–Trinajstić information content (AvgIpc) is 2.93. The van der Waals surface area contributed by atoms with E-state index < -0.39 is 0 Å². The van der Waals surface area contributed by atoms with Crippen LogP contribution in [-0.2, 0) is 11.3 Å². The van der Waals surface area contributed by atoms with E-state index >= 15 is 0 Å². The molecule has 5 nitrogen and oxygen atoms in total. The molecule has 0 bridgehead atoms.